The van der Waals surface area contributed by atoms with Crippen LogP contribution in [0.15, 0.2) is 22.7 Å². The molecule has 1 aliphatic rings. The second-order valence-electron chi connectivity index (χ2n) is 5.93. The molecule has 1 heterocycles. The topological polar surface area (TPSA) is 29.3 Å². The predicted molar refractivity (Wildman–Crippen MR) is 85.3 cm³/mol. The van der Waals surface area contributed by atoms with E-state index in [1.165, 1.54) is 18.9 Å². The van der Waals surface area contributed by atoms with Crippen LogP contribution >= 0.6 is 15.9 Å². The summed E-state index contributed by atoms with van der Waals surface area (Å²) in [4.78, 5) is 2.50. The third kappa shape index (κ3) is 3.07. The van der Waals surface area contributed by atoms with Crippen molar-refractivity contribution in [2.75, 3.05) is 13.1 Å². The zero-order valence-corrected chi connectivity index (χ0v) is 13.9. The molecule has 1 aromatic carbocycles. The van der Waals surface area contributed by atoms with Gasteiger partial charge in [0, 0.05) is 11.6 Å². The van der Waals surface area contributed by atoms with Gasteiger partial charge in [-0.1, -0.05) is 19.1 Å². The monoisotopic (exact) mass is 342 g/mol. The summed E-state index contributed by atoms with van der Waals surface area (Å²) in [6, 6.07) is 5.18. The van der Waals surface area contributed by atoms with Gasteiger partial charge in [-0.3, -0.25) is 4.90 Å². The van der Waals surface area contributed by atoms with Crippen LogP contribution in [0.2, 0.25) is 0 Å². The van der Waals surface area contributed by atoms with Crippen LogP contribution in [0.1, 0.15) is 38.7 Å². The first-order valence-corrected chi connectivity index (χ1v) is 8.22. The number of nitrogens with two attached hydrogens (primary N) is 1. The molecule has 20 heavy (non-hydrogen) atoms. The highest BCUT2D eigenvalue weighted by Crippen LogP contribution is 2.30. The minimum Gasteiger partial charge on any atom is -0.326 e. The first-order valence-electron chi connectivity index (χ1n) is 7.42. The van der Waals surface area contributed by atoms with Gasteiger partial charge in [-0.15, -0.1) is 0 Å². The second kappa shape index (κ2) is 6.54. The molecule has 0 aliphatic carbocycles. The van der Waals surface area contributed by atoms with Gasteiger partial charge >= 0.3 is 0 Å². The second-order valence-corrected chi connectivity index (χ2v) is 6.72. The average molecular weight is 343 g/mol. The highest BCUT2D eigenvalue weighted by Gasteiger charge is 2.37. The standard InChI is InChI=1S/C16H24BrFN2/c1-3-16(2,20-9-4-5-10-20)14(19)11-12-7-6-8-13(18)15(12)17/h6-8,14H,3-5,9-11,19H2,1-2H3. The minimum atomic E-state index is -0.214. The average Bonchev–Trinajstić information content (AvgIpc) is 2.97. The number of benzene rings is 1. The fourth-order valence-corrected chi connectivity index (χ4v) is 3.54. The van der Waals surface area contributed by atoms with E-state index in [4.69, 9.17) is 5.73 Å². The van der Waals surface area contributed by atoms with Crippen LogP contribution in [0, 0.1) is 5.82 Å². The van der Waals surface area contributed by atoms with Crippen LogP contribution in [0.5, 0.6) is 0 Å². The molecule has 4 heteroatoms. The van der Waals surface area contributed by atoms with Crippen molar-refractivity contribution < 1.29 is 4.39 Å². The Morgan fingerprint density at radius 1 is 1.40 bits per heavy atom. The maximum absolute atomic E-state index is 13.6. The lowest BCUT2D eigenvalue weighted by molar-refractivity contribution is 0.0998. The molecular weight excluding hydrogens is 319 g/mol. The first kappa shape index (κ1) is 15.9. The van der Waals surface area contributed by atoms with Gasteiger partial charge < -0.3 is 5.73 Å². The molecule has 112 valence electrons. The Hall–Kier alpha value is -0.450. The molecule has 0 amide bonds. The third-order valence-electron chi connectivity index (χ3n) is 4.81. The Morgan fingerprint density at radius 2 is 2.05 bits per heavy atom. The molecule has 2 rings (SSSR count). The summed E-state index contributed by atoms with van der Waals surface area (Å²) in [6.45, 7) is 6.69. The van der Waals surface area contributed by atoms with Crippen molar-refractivity contribution in [1.29, 1.82) is 0 Å². The largest absolute Gasteiger partial charge is 0.326 e. The summed E-state index contributed by atoms with van der Waals surface area (Å²) >= 11 is 3.34. The highest BCUT2D eigenvalue weighted by molar-refractivity contribution is 9.10. The van der Waals surface area contributed by atoms with Gasteiger partial charge in [0.2, 0.25) is 0 Å². The molecule has 2 unspecified atom stereocenters. The van der Waals surface area contributed by atoms with Crippen molar-refractivity contribution in [3.05, 3.63) is 34.1 Å². The molecule has 0 saturated carbocycles. The summed E-state index contributed by atoms with van der Waals surface area (Å²) in [5.41, 5.74) is 7.45. The number of hydrogen-bond acceptors (Lipinski definition) is 2. The summed E-state index contributed by atoms with van der Waals surface area (Å²) in [5.74, 6) is -0.214. The lowest BCUT2D eigenvalue weighted by Gasteiger charge is -2.43. The van der Waals surface area contributed by atoms with Crippen molar-refractivity contribution in [2.24, 2.45) is 5.73 Å². The molecule has 2 atom stereocenters. The minimum absolute atomic E-state index is 0.00343. The number of nitrogens with zero attached hydrogens (tertiary/aromatic N) is 1. The van der Waals surface area contributed by atoms with Crippen molar-refractivity contribution >= 4 is 15.9 Å². The van der Waals surface area contributed by atoms with Crippen LogP contribution in [0.3, 0.4) is 0 Å². The van der Waals surface area contributed by atoms with E-state index in [-0.39, 0.29) is 17.4 Å². The Balaban J connectivity index is 2.16. The summed E-state index contributed by atoms with van der Waals surface area (Å²) in [6.07, 6.45) is 4.22. The van der Waals surface area contributed by atoms with E-state index in [0.717, 1.165) is 25.1 Å². The van der Waals surface area contributed by atoms with Gasteiger partial charge in [0.05, 0.1) is 4.47 Å². The summed E-state index contributed by atoms with van der Waals surface area (Å²) in [7, 11) is 0. The number of halogens is 2. The number of likely N-dealkylation sites (tertiary alicyclic amines) is 1. The van der Waals surface area contributed by atoms with Gasteiger partial charge in [-0.05, 0) is 73.3 Å². The Bertz CT molecular complexity index is 460. The molecule has 1 saturated heterocycles. The lowest BCUT2D eigenvalue weighted by atomic mass is 9.84. The normalized spacial score (nSPS) is 20.9. The third-order valence-corrected chi connectivity index (χ3v) is 5.70. The fourth-order valence-electron chi connectivity index (χ4n) is 3.11. The molecule has 0 spiro atoms. The first-order chi connectivity index (χ1) is 9.49. The van der Waals surface area contributed by atoms with E-state index in [9.17, 15) is 4.39 Å². The SMILES string of the molecule is CCC(C)(C(N)Cc1cccc(F)c1Br)N1CCCC1. The van der Waals surface area contributed by atoms with Crippen LogP contribution in [-0.2, 0) is 6.42 Å². The van der Waals surface area contributed by atoms with E-state index in [1.807, 2.05) is 6.07 Å². The molecule has 2 nitrogen and oxygen atoms in total. The maximum atomic E-state index is 13.6. The van der Waals surface area contributed by atoms with E-state index in [2.05, 4.69) is 34.7 Å². The van der Waals surface area contributed by atoms with Crippen LogP contribution in [0.4, 0.5) is 4.39 Å². The predicted octanol–water partition coefficient (Wildman–Crippen LogP) is 3.72. The van der Waals surface area contributed by atoms with Crippen LogP contribution in [0.25, 0.3) is 0 Å². The molecule has 1 aromatic rings. The quantitative estimate of drug-likeness (QED) is 0.883. The van der Waals surface area contributed by atoms with E-state index in [0.29, 0.717) is 10.9 Å². The van der Waals surface area contributed by atoms with Gasteiger partial charge in [-0.25, -0.2) is 4.39 Å². The van der Waals surface area contributed by atoms with E-state index >= 15 is 0 Å². The fraction of sp³-hybridized carbons (Fsp3) is 0.625. The molecule has 1 fully saturated rings. The number of rotatable bonds is 5. The Morgan fingerprint density at radius 3 is 2.65 bits per heavy atom. The van der Waals surface area contributed by atoms with Crippen molar-refractivity contribution in [1.82, 2.24) is 4.90 Å². The molecule has 0 aromatic heterocycles. The zero-order chi connectivity index (χ0) is 14.8. The van der Waals surface area contributed by atoms with Crippen LogP contribution < -0.4 is 5.73 Å². The Kier molecular flexibility index (Phi) is 5.21. The molecule has 1 aliphatic heterocycles. The van der Waals surface area contributed by atoms with Crippen molar-refractivity contribution in [2.45, 2.75) is 51.1 Å². The summed E-state index contributed by atoms with van der Waals surface area (Å²) in [5, 5.41) is 0. The molecular formula is C16H24BrFN2. The molecule has 0 radical (unpaired) electrons. The van der Waals surface area contributed by atoms with Gasteiger partial charge in [0.15, 0.2) is 0 Å². The molecule has 2 N–H and O–H groups in total. The molecule has 0 bridgehead atoms. The smallest absolute Gasteiger partial charge is 0.137 e. The lowest BCUT2D eigenvalue weighted by Crippen LogP contribution is -2.57. The van der Waals surface area contributed by atoms with Gasteiger partial charge in [-0.2, -0.15) is 0 Å². The zero-order valence-electron chi connectivity index (χ0n) is 12.3. The van der Waals surface area contributed by atoms with Crippen molar-refractivity contribution in [3.8, 4) is 0 Å². The summed E-state index contributed by atoms with van der Waals surface area (Å²) < 4.78 is 14.2. The Labute approximate surface area is 129 Å². The van der Waals surface area contributed by atoms with Crippen LogP contribution in [-0.4, -0.2) is 29.6 Å². The van der Waals surface area contributed by atoms with Crippen molar-refractivity contribution in [3.63, 3.8) is 0 Å². The highest BCUT2D eigenvalue weighted by atomic mass is 79.9. The number of hydrogen-bond donors (Lipinski definition) is 1. The van der Waals surface area contributed by atoms with Gasteiger partial charge in [0.1, 0.15) is 5.82 Å². The van der Waals surface area contributed by atoms with E-state index < -0.39 is 0 Å². The van der Waals surface area contributed by atoms with Gasteiger partial charge in [0.25, 0.3) is 0 Å². The van der Waals surface area contributed by atoms with E-state index in [1.54, 1.807) is 6.07 Å². The maximum Gasteiger partial charge on any atom is 0.137 e.